The first-order chi connectivity index (χ1) is 9.76. The molecule has 0 aromatic rings. The standard InChI is InChI=1S/C10H19NO2.C6H11NO2.ClH/c1-8(7-11(5)6)9(12)13-10(2,3)4;1-5(6(8)9)4-7(2)3;/h1,7H2,2-6H3;1,4H2,2-3H3,(H,8,9);1H. The SMILES string of the molecule is C=C(CN(C)C)C(=O)O.C=C(CN(C)C)C(=O)OC(C)(C)C.Cl. The zero-order chi connectivity index (χ0) is 18.1. The summed E-state index contributed by atoms with van der Waals surface area (Å²) in [7, 11) is 7.37. The van der Waals surface area contributed by atoms with Crippen LogP contribution in [-0.4, -0.2) is 73.7 Å². The Morgan fingerprint density at radius 1 is 0.957 bits per heavy atom. The number of esters is 1. The molecular formula is C16H31ClN2O4. The van der Waals surface area contributed by atoms with Crippen molar-refractivity contribution in [2.45, 2.75) is 26.4 Å². The number of carbonyl (C=O) groups excluding carboxylic acids is 1. The van der Waals surface area contributed by atoms with Crippen LogP contribution in [0.15, 0.2) is 24.3 Å². The van der Waals surface area contributed by atoms with Gasteiger partial charge >= 0.3 is 11.9 Å². The summed E-state index contributed by atoms with van der Waals surface area (Å²) in [5, 5.41) is 8.30. The second-order valence-corrected chi connectivity index (χ2v) is 6.49. The monoisotopic (exact) mass is 350 g/mol. The van der Waals surface area contributed by atoms with Crippen LogP contribution in [0, 0.1) is 0 Å². The van der Waals surface area contributed by atoms with Gasteiger partial charge in [0, 0.05) is 24.2 Å². The Hall–Kier alpha value is -1.37. The first-order valence-electron chi connectivity index (χ1n) is 6.88. The number of hydrogen-bond acceptors (Lipinski definition) is 5. The second kappa shape index (κ2) is 12.1. The Bertz CT molecular complexity index is 413. The van der Waals surface area contributed by atoms with E-state index in [0.717, 1.165) is 0 Å². The van der Waals surface area contributed by atoms with E-state index < -0.39 is 11.6 Å². The van der Waals surface area contributed by atoms with Crippen LogP contribution in [0.2, 0.25) is 0 Å². The summed E-state index contributed by atoms with van der Waals surface area (Å²) in [6.07, 6.45) is 0. The van der Waals surface area contributed by atoms with Crippen molar-refractivity contribution in [3.63, 3.8) is 0 Å². The third-order valence-corrected chi connectivity index (χ3v) is 2.00. The molecule has 1 N–H and O–H groups in total. The van der Waals surface area contributed by atoms with Crippen molar-refractivity contribution in [3.05, 3.63) is 24.3 Å². The van der Waals surface area contributed by atoms with Gasteiger partial charge in [-0.05, 0) is 49.0 Å². The van der Waals surface area contributed by atoms with Gasteiger partial charge in [0.05, 0.1) is 0 Å². The largest absolute Gasteiger partial charge is 0.478 e. The molecule has 0 saturated heterocycles. The van der Waals surface area contributed by atoms with Crippen molar-refractivity contribution in [3.8, 4) is 0 Å². The Morgan fingerprint density at radius 2 is 1.30 bits per heavy atom. The third kappa shape index (κ3) is 18.6. The molecule has 0 aromatic carbocycles. The molecule has 136 valence electrons. The molecule has 0 radical (unpaired) electrons. The Morgan fingerprint density at radius 3 is 1.52 bits per heavy atom. The molecule has 0 spiro atoms. The van der Waals surface area contributed by atoms with Gasteiger partial charge < -0.3 is 19.6 Å². The molecule has 0 rings (SSSR count). The minimum atomic E-state index is -0.927. The molecule has 23 heavy (non-hydrogen) atoms. The highest BCUT2D eigenvalue weighted by molar-refractivity contribution is 5.88. The lowest BCUT2D eigenvalue weighted by atomic mass is 10.2. The Balaban J connectivity index is -0.000000354. The van der Waals surface area contributed by atoms with Crippen LogP contribution < -0.4 is 0 Å². The van der Waals surface area contributed by atoms with Crippen molar-refractivity contribution in [1.82, 2.24) is 9.80 Å². The molecule has 0 unspecified atom stereocenters. The molecule has 0 amide bonds. The number of carboxylic acids is 1. The highest BCUT2D eigenvalue weighted by Gasteiger charge is 2.18. The zero-order valence-corrected chi connectivity index (χ0v) is 16.1. The quantitative estimate of drug-likeness (QED) is 0.584. The van der Waals surface area contributed by atoms with Crippen molar-refractivity contribution in [1.29, 1.82) is 0 Å². The number of likely N-dealkylation sites (N-methyl/N-ethyl adjacent to an activating group) is 2. The van der Waals surface area contributed by atoms with E-state index in [2.05, 4.69) is 13.2 Å². The summed E-state index contributed by atoms with van der Waals surface area (Å²) >= 11 is 0. The molecule has 0 saturated carbocycles. The topological polar surface area (TPSA) is 70.1 Å². The number of rotatable bonds is 6. The number of carboxylic acid groups (broad SMARTS) is 1. The molecule has 0 aliphatic heterocycles. The van der Waals surface area contributed by atoms with Crippen LogP contribution in [0.25, 0.3) is 0 Å². The lowest BCUT2D eigenvalue weighted by molar-refractivity contribution is -0.150. The van der Waals surface area contributed by atoms with Gasteiger partial charge in [-0.15, -0.1) is 12.4 Å². The van der Waals surface area contributed by atoms with Crippen LogP contribution in [0.1, 0.15) is 20.8 Å². The summed E-state index contributed by atoms with van der Waals surface area (Å²) in [6.45, 7) is 13.5. The fourth-order valence-electron chi connectivity index (χ4n) is 1.25. The number of hydrogen-bond donors (Lipinski definition) is 1. The van der Waals surface area contributed by atoms with E-state index in [4.69, 9.17) is 9.84 Å². The normalized spacial score (nSPS) is 10.3. The van der Waals surface area contributed by atoms with Gasteiger partial charge in [-0.2, -0.15) is 0 Å². The van der Waals surface area contributed by atoms with Gasteiger partial charge in [0.2, 0.25) is 0 Å². The number of halogens is 1. The van der Waals surface area contributed by atoms with Crippen molar-refractivity contribution in [2.24, 2.45) is 0 Å². The molecule has 0 atom stereocenters. The van der Waals surface area contributed by atoms with Crippen LogP contribution in [0.5, 0.6) is 0 Å². The highest BCUT2D eigenvalue weighted by atomic mass is 35.5. The van der Waals surface area contributed by atoms with Crippen molar-refractivity contribution < 1.29 is 19.4 Å². The summed E-state index contributed by atoms with van der Waals surface area (Å²) in [6, 6.07) is 0. The fourth-order valence-corrected chi connectivity index (χ4v) is 1.25. The number of nitrogens with zero attached hydrogens (tertiary/aromatic N) is 2. The van der Waals surface area contributed by atoms with Crippen molar-refractivity contribution in [2.75, 3.05) is 41.3 Å². The molecule has 0 aliphatic carbocycles. The second-order valence-electron chi connectivity index (χ2n) is 6.49. The number of aliphatic carboxylic acids is 1. The first-order valence-corrected chi connectivity index (χ1v) is 6.88. The summed E-state index contributed by atoms with van der Waals surface area (Å²) in [5.41, 5.74) is 0.270. The summed E-state index contributed by atoms with van der Waals surface area (Å²) < 4.78 is 5.14. The van der Waals surface area contributed by atoms with E-state index in [1.807, 2.05) is 39.8 Å². The van der Waals surface area contributed by atoms with Gasteiger partial charge in [-0.1, -0.05) is 13.2 Å². The van der Waals surface area contributed by atoms with E-state index in [1.165, 1.54) is 0 Å². The highest BCUT2D eigenvalue weighted by Crippen LogP contribution is 2.10. The Labute approximate surface area is 146 Å². The maximum atomic E-state index is 11.3. The summed E-state index contributed by atoms with van der Waals surface area (Å²) in [4.78, 5) is 25.1. The molecule has 0 bridgehead atoms. The molecule has 0 aliphatic rings. The van der Waals surface area contributed by atoms with E-state index in [-0.39, 0.29) is 23.9 Å². The molecular weight excluding hydrogens is 320 g/mol. The predicted octanol–water partition coefficient (Wildman–Crippen LogP) is 2.06. The minimum absolute atomic E-state index is 0. The predicted molar refractivity (Wildman–Crippen MR) is 96.1 cm³/mol. The van der Waals surface area contributed by atoms with E-state index >= 15 is 0 Å². The van der Waals surface area contributed by atoms with Crippen molar-refractivity contribution >= 4 is 24.3 Å². The van der Waals surface area contributed by atoms with Gasteiger partial charge in [0.15, 0.2) is 0 Å². The lowest BCUT2D eigenvalue weighted by Gasteiger charge is -2.21. The molecule has 0 heterocycles. The average molecular weight is 351 g/mol. The maximum absolute atomic E-state index is 11.3. The van der Waals surface area contributed by atoms with Crippen LogP contribution in [0.3, 0.4) is 0 Å². The molecule has 0 fully saturated rings. The average Bonchev–Trinajstić information content (AvgIpc) is 2.25. The van der Waals surface area contributed by atoms with Gasteiger partial charge in [-0.25, -0.2) is 9.59 Å². The van der Waals surface area contributed by atoms with E-state index in [9.17, 15) is 9.59 Å². The maximum Gasteiger partial charge on any atom is 0.335 e. The van der Waals surface area contributed by atoms with Crippen LogP contribution in [0.4, 0.5) is 0 Å². The van der Waals surface area contributed by atoms with Gasteiger partial charge in [0.25, 0.3) is 0 Å². The van der Waals surface area contributed by atoms with E-state index in [1.54, 1.807) is 19.0 Å². The van der Waals surface area contributed by atoms with Crippen LogP contribution in [-0.2, 0) is 14.3 Å². The molecule has 7 heteroatoms. The fraction of sp³-hybridized carbons (Fsp3) is 0.625. The lowest BCUT2D eigenvalue weighted by Crippen LogP contribution is -2.28. The number of ether oxygens (including phenoxy) is 1. The number of carbonyl (C=O) groups is 2. The van der Waals surface area contributed by atoms with Gasteiger partial charge in [0.1, 0.15) is 5.60 Å². The zero-order valence-electron chi connectivity index (χ0n) is 15.3. The molecule has 0 aromatic heterocycles. The van der Waals surface area contributed by atoms with E-state index in [0.29, 0.717) is 18.7 Å². The molecule has 6 nitrogen and oxygen atoms in total. The first kappa shape index (κ1) is 26.5. The summed E-state index contributed by atoms with van der Waals surface area (Å²) in [5.74, 6) is -1.25. The third-order valence-electron chi connectivity index (χ3n) is 2.00. The van der Waals surface area contributed by atoms with Gasteiger partial charge in [-0.3, -0.25) is 0 Å². The Kier molecular flexibility index (Phi) is 14.0. The minimum Gasteiger partial charge on any atom is -0.478 e. The van der Waals surface area contributed by atoms with Crippen LogP contribution >= 0.6 is 12.4 Å². The smallest absolute Gasteiger partial charge is 0.335 e.